The predicted molar refractivity (Wildman–Crippen MR) is 100.0 cm³/mol. The molecule has 7 heteroatoms. The maximum absolute atomic E-state index is 12.8. The van der Waals surface area contributed by atoms with Crippen LogP contribution in [0.3, 0.4) is 0 Å². The Balaban J connectivity index is 1.68. The first-order chi connectivity index (χ1) is 13.0. The Morgan fingerprint density at radius 1 is 1.22 bits per heavy atom. The molecular weight excluding hydrogens is 344 g/mol. The molecule has 0 radical (unpaired) electrons. The quantitative estimate of drug-likeness (QED) is 0.827. The van der Waals surface area contributed by atoms with Gasteiger partial charge in [-0.25, -0.2) is 9.97 Å². The second-order valence-corrected chi connectivity index (χ2v) is 7.14. The summed E-state index contributed by atoms with van der Waals surface area (Å²) >= 11 is 0. The summed E-state index contributed by atoms with van der Waals surface area (Å²) in [6.07, 6.45) is 7.42. The standard InChI is InChI=1S/C20H26N4O3/c1-14-9-15(2)27-19(14)20(26)23-7-4-5-18(6-8-23)24(16(3)25)12-17-10-21-13-22-11-17/h9-11,13,18H,4-8,12H2,1-3H3/t18-/m0/s1. The minimum Gasteiger partial charge on any atom is -0.456 e. The molecule has 3 rings (SSSR count). The third kappa shape index (κ3) is 4.53. The lowest BCUT2D eigenvalue weighted by Crippen LogP contribution is -2.39. The maximum Gasteiger partial charge on any atom is 0.289 e. The first-order valence-electron chi connectivity index (χ1n) is 9.33. The average Bonchev–Trinajstić information content (AvgIpc) is 2.84. The van der Waals surface area contributed by atoms with E-state index in [0.29, 0.717) is 25.4 Å². The molecule has 0 unspecified atom stereocenters. The highest BCUT2D eigenvalue weighted by atomic mass is 16.4. The van der Waals surface area contributed by atoms with Gasteiger partial charge in [0.2, 0.25) is 5.91 Å². The zero-order chi connectivity index (χ0) is 19.4. The molecule has 0 spiro atoms. The van der Waals surface area contributed by atoms with E-state index >= 15 is 0 Å². The molecule has 2 aromatic heterocycles. The van der Waals surface area contributed by atoms with Crippen LogP contribution in [-0.2, 0) is 11.3 Å². The molecule has 0 aromatic carbocycles. The second kappa shape index (κ2) is 8.33. The number of amides is 2. The van der Waals surface area contributed by atoms with Crippen molar-refractivity contribution in [2.24, 2.45) is 0 Å². The molecule has 0 bridgehead atoms. The van der Waals surface area contributed by atoms with Crippen LogP contribution in [0.2, 0.25) is 0 Å². The fourth-order valence-corrected chi connectivity index (χ4v) is 3.70. The first-order valence-corrected chi connectivity index (χ1v) is 9.33. The lowest BCUT2D eigenvalue weighted by molar-refractivity contribution is -0.132. The van der Waals surface area contributed by atoms with Gasteiger partial charge in [0, 0.05) is 56.1 Å². The van der Waals surface area contributed by atoms with E-state index in [-0.39, 0.29) is 17.9 Å². The molecule has 1 aliphatic heterocycles. The number of rotatable bonds is 4. The fourth-order valence-electron chi connectivity index (χ4n) is 3.70. The summed E-state index contributed by atoms with van der Waals surface area (Å²) in [5.41, 5.74) is 1.78. The predicted octanol–water partition coefficient (Wildman–Crippen LogP) is 2.73. The average molecular weight is 370 g/mol. The van der Waals surface area contributed by atoms with Crippen LogP contribution in [0.15, 0.2) is 29.2 Å². The molecule has 1 atom stereocenters. The van der Waals surface area contributed by atoms with Crippen LogP contribution in [0.1, 0.15) is 53.6 Å². The van der Waals surface area contributed by atoms with E-state index in [1.807, 2.05) is 29.7 Å². The summed E-state index contributed by atoms with van der Waals surface area (Å²) in [5, 5.41) is 0. The van der Waals surface area contributed by atoms with Crippen molar-refractivity contribution in [2.45, 2.75) is 52.6 Å². The number of nitrogens with zero attached hydrogens (tertiary/aromatic N) is 4. The van der Waals surface area contributed by atoms with Crippen molar-refractivity contribution in [3.05, 3.63) is 47.4 Å². The number of furan rings is 1. The summed E-state index contributed by atoms with van der Waals surface area (Å²) in [6.45, 7) is 7.11. The minimum absolute atomic E-state index is 0.0288. The molecule has 2 amide bonds. The van der Waals surface area contributed by atoms with Gasteiger partial charge in [0.15, 0.2) is 5.76 Å². The van der Waals surface area contributed by atoms with Gasteiger partial charge in [-0.3, -0.25) is 9.59 Å². The molecule has 1 fully saturated rings. The van der Waals surface area contributed by atoms with E-state index in [9.17, 15) is 9.59 Å². The summed E-state index contributed by atoms with van der Waals surface area (Å²) < 4.78 is 5.59. The van der Waals surface area contributed by atoms with Gasteiger partial charge < -0.3 is 14.2 Å². The highest BCUT2D eigenvalue weighted by Gasteiger charge is 2.28. The van der Waals surface area contributed by atoms with E-state index in [1.165, 1.54) is 6.33 Å². The highest BCUT2D eigenvalue weighted by molar-refractivity contribution is 5.93. The Kier molecular flexibility index (Phi) is 5.88. The number of hydrogen-bond acceptors (Lipinski definition) is 5. The Bertz CT molecular complexity index is 803. The normalized spacial score (nSPS) is 17.4. The van der Waals surface area contributed by atoms with Gasteiger partial charge in [-0.2, -0.15) is 0 Å². The van der Waals surface area contributed by atoms with E-state index < -0.39 is 0 Å². The van der Waals surface area contributed by atoms with E-state index in [0.717, 1.165) is 36.1 Å². The topological polar surface area (TPSA) is 79.5 Å². The van der Waals surface area contributed by atoms with Crippen LogP contribution >= 0.6 is 0 Å². The molecule has 0 N–H and O–H groups in total. The van der Waals surface area contributed by atoms with Crippen molar-refractivity contribution < 1.29 is 14.0 Å². The van der Waals surface area contributed by atoms with Crippen molar-refractivity contribution in [1.82, 2.24) is 19.8 Å². The summed E-state index contributed by atoms with van der Waals surface area (Å²) in [7, 11) is 0. The van der Waals surface area contributed by atoms with Crippen molar-refractivity contribution in [3.8, 4) is 0 Å². The van der Waals surface area contributed by atoms with Gasteiger partial charge >= 0.3 is 0 Å². The molecular formula is C20H26N4O3. The van der Waals surface area contributed by atoms with E-state index in [1.54, 1.807) is 19.3 Å². The SMILES string of the molecule is CC(=O)N(Cc1cncnc1)[C@H]1CCCN(C(=O)c2oc(C)cc2C)CC1. The zero-order valence-corrected chi connectivity index (χ0v) is 16.1. The lowest BCUT2D eigenvalue weighted by atomic mass is 10.1. The minimum atomic E-state index is -0.0629. The van der Waals surface area contributed by atoms with Crippen LogP contribution in [0.25, 0.3) is 0 Å². The molecule has 3 heterocycles. The van der Waals surface area contributed by atoms with Gasteiger partial charge in [-0.1, -0.05) is 0 Å². The van der Waals surface area contributed by atoms with Crippen LogP contribution in [0.4, 0.5) is 0 Å². The van der Waals surface area contributed by atoms with Gasteiger partial charge in [0.05, 0.1) is 0 Å². The number of likely N-dealkylation sites (tertiary alicyclic amines) is 1. The smallest absolute Gasteiger partial charge is 0.289 e. The van der Waals surface area contributed by atoms with E-state index in [2.05, 4.69) is 9.97 Å². The molecule has 7 nitrogen and oxygen atoms in total. The van der Waals surface area contributed by atoms with Crippen LogP contribution < -0.4 is 0 Å². The Labute approximate surface area is 159 Å². The Morgan fingerprint density at radius 2 is 1.96 bits per heavy atom. The molecule has 0 aliphatic carbocycles. The zero-order valence-electron chi connectivity index (χ0n) is 16.1. The summed E-state index contributed by atoms with van der Waals surface area (Å²) in [4.78, 5) is 36.8. The second-order valence-electron chi connectivity index (χ2n) is 7.14. The monoisotopic (exact) mass is 370 g/mol. The van der Waals surface area contributed by atoms with Gasteiger partial charge in [0.1, 0.15) is 12.1 Å². The van der Waals surface area contributed by atoms with Crippen molar-refractivity contribution >= 4 is 11.8 Å². The van der Waals surface area contributed by atoms with Crippen molar-refractivity contribution in [1.29, 1.82) is 0 Å². The summed E-state index contributed by atoms with van der Waals surface area (Å²) in [6, 6.07) is 1.98. The molecule has 144 valence electrons. The van der Waals surface area contributed by atoms with Gasteiger partial charge in [0.25, 0.3) is 5.91 Å². The van der Waals surface area contributed by atoms with E-state index in [4.69, 9.17) is 4.42 Å². The van der Waals surface area contributed by atoms with Crippen molar-refractivity contribution in [3.63, 3.8) is 0 Å². The molecule has 27 heavy (non-hydrogen) atoms. The van der Waals surface area contributed by atoms with Crippen LogP contribution in [0, 0.1) is 13.8 Å². The number of aromatic nitrogens is 2. The largest absolute Gasteiger partial charge is 0.456 e. The van der Waals surface area contributed by atoms with Crippen LogP contribution in [-0.4, -0.2) is 50.7 Å². The summed E-state index contributed by atoms with van der Waals surface area (Å²) in [5.74, 6) is 1.14. The first kappa shape index (κ1) is 19.1. The molecule has 0 saturated carbocycles. The van der Waals surface area contributed by atoms with Crippen molar-refractivity contribution in [2.75, 3.05) is 13.1 Å². The number of carbonyl (C=O) groups is 2. The fraction of sp³-hybridized carbons (Fsp3) is 0.500. The molecule has 1 aliphatic rings. The highest BCUT2D eigenvalue weighted by Crippen LogP contribution is 2.22. The maximum atomic E-state index is 12.8. The number of aryl methyl sites for hydroxylation is 2. The van der Waals surface area contributed by atoms with Gasteiger partial charge in [-0.05, 0) is 39.2 Å². The third-order valence-electron chi connectivity index (χ3n) is 5.03. The third-order valence-corrected chi connectivity index (χ3v) is 5.03. The Morgan fingerprint density at radius 3 is 2.59 bits per heavy atom. The van der Waals surface area contributed by atoms with Crippen LogP contribution in [0.5, 0.6) is 0 Å². The molecule has 1 saturated heterocycles. The van der Waals surface area contributed by atoms with Gasteiger partial charge in [-0.15, -0.1) is 0 Å². The Hall–Kier alpha value is -2.70. The number of hydrogen-bond donors (Lipinski definition) is 0. The number of carbonyl (C=O) groups excluding carboxylic acids is 2. The lowest BCUT2D eigenvalue weighted by Gasteiger charge is -2.30. The molecule has 2 aromatic rings.